The first-order chi connectivity index (χ1) is 3.39. The van der Waals surface area contributed by atoms with Gasteiger partial charge < -0.3 is 5.11 Å². The molecule has 0 aromatic heterocycles. The molecule has 0 aromatic carbocycles. The zero-order valence-corrected chi connectivity index (χ0v) is 6.30. The lowest BCUT2D eigenvalue weighted by Crippen LogP contribution is -2.14. The van der Waals surface area contributed by atoms with Crippen LogP contribution in [0, 0.1) is 0 Å². The molecule has 1 saturated heterocycles. The summed E-state index contributed by atoms with van der Waals surface area (Å²) in [6.45, 7) is 0. The molecule has 0 aliphatic carbocycles. The van der Waals surface area contributed by atoms with Crippen molar-refractivity contribution in [3.8, 4) is 0 Å². The molecule has 50 valence electrons. The molecule has 0 saturated carbocycles. The van der Waals surface area contributed by atoms with E-state index in [0.717, 1.165) is 12.2 Å². The fraction of sp³-hybridized carbons (Fsp3) is 1.00. The zero-order valence-electron chi connectivity index (χ0n) is 4.67. The highest BCUT2D eigenvalue weighted by atomic mass is 35.5. The third-order valence-corrected chi connectivity index (χ3v) is 2.33. The van der Waals surface area contributed by atoms with Crippen molar-refractivity contribution in [2.75, 3.05) is 11.5 Å². The predicted octanol–water partition coefficient (Wildman–Crippen LogP) is 1.30. The third-order valence-electron chi connectivity index (χ3n) is 1.14. The molecule has 1 unspecified atom stereocenters. The molecular formula is C5H11ClOS. The van der Waals surface area contributed by atoms with Crippen LogP contribution in [0.25, 0.3) is 0 Å². The maximum atomic E-state index is 8.89. The van der Waals surface area contributed by atoms with E-state index in [9.17, 15) is 0 Å². The summed E-state index contributed by atoms with van der Waals surface area (Å²) in [7, 11) is 0. The van der Waals surface area contributed by atoms with Crippen LogP contribution < -0.4 is 0 Å². The Bertz CT molecular complexity index is 54.4. The average molecular weight is 155 g/mol. The first-order valence-corrected chi connectivity index (χ1v) is 3.81. The van der Waals surface area contributed by atoms with Gasteiger partial charge in [-0.2, -0.15) is 11.8 Å². The zero-order chi connectivity index (χ0) is 5.11. The van der Waals surface area contributed by atoms with E-state index in [-0.39, 0.29) is 18.5 Å². The van der Waals surface area contributed by atoms with Crippen LogP contribution in [0.4, 0.5) is 0 Å². The van der Waals surface area contributed by atoms with Gasteiger partial charge >= 0.3 is 0 Å². The fourth-order valence-corrected chi connectivity index (χ4v) is 1.70. The van der Waals surface area contributed by atoms with Gasteiger partial charge in [0.15, 0.2) is 0 Å². The van der Waals surface area contributed by atoms with Gasteiger partial charge in [0.25, 0.3) is 0 Å². The Morgan fingerprint density at radius 3 is 2.50 bits per heavy atom. The van der Waals surface area contributed by atoms with Crippen molar-refractivity contribution in [2.24, 2.45) is 0 Å². The number of hydrogen-bond donors (Lipinski definition) is 1. The number of aliphatic hydroxyl groups excluding tert-OH is 1. The molecule has 0 radical (unpaired) electrons. The van der Waals surface area contributed by atoms with Gasteiger partial charge in [0.05, 0.1) is 6.10 Å². The summed E-state index contributed by atoms with van der Waals surface area (Å²) in [5.41, 5.74) is 0. The van der Waals surface area contributed by atoms with Crippen molar-refractivity contribution in [1.29, 1.82) is 0 Å². The van der Waals surface area contributed by atoms with Crippen LogP contribution in [-0.4, -0.2) is 22.7 Å². The molecule has 1 atom stereocenters. The molecule has 1 heterocycles. The van der Waals surface area contributed by atoms with Crippen molar-refractivity contribution >= 4 is 24.2 Å². The lowest BCUT2D eigenvalue weighted by atomic mass is 10.2. The average Bonchev–Trinajstić information content (AvgIpc) is 1.69. The third kappa shape index (κ3) is 2.80. The maximum absolute atomic E-state index is 8.89. The van der Waals surface area contributed by atoms with Crippen LogP contribution in [0.5, 0.6) is 0 Å². The fourth-order valence-electron chi connectivity index (χ4n) is 0.724. The summed E-state index contributed by atoms with van der Waals surface area (Å²) in [6, 6.07) is 0. The molecule has 0 bridgehead atoms. The van der Waals surface area contributed by atoms with Crippen LogP contribution in [0.1, 0.15) is 12.8 Å². The monoisotopic (exact) mass is 154 g/mol. The highest BCUT2D eigenvalue weighted by molar-refractivity contribution is 7.99. The SMILES string of the molecule is Cl.OC1CCCSC1. The highest BCUT2D eigenvalue weighted by Gasteiger charge is 2.08. The van der Waals surface area contributed by atoms with Gasteiger partial charge in [0.2, 0.25) is 0 Å². The van der Waals surface area contributed by atoms with Crippen LogP contribution in [-0.2, 0) is 0 Å². The van der Waals surface area contributed by atoms with E-state index >= 15 is 0 Å². The second-order valence-electron chi connectivity index (χ2n) is 1.87. The summed E-state index contributed by atoms with van der Waals surface area (Å²) in [6.07, 6.45) is 2.22. The normalized spacial score (nSPS) is 28.9. The molecule has 0 amide bonds. The van der Waals surface area contributed by atoms with Crippen LogP contribution in [0.2, 0.25) is 0 Å². The van der Waals surface area contributed by atoms with Gasteiger partial charge in [-0.1, -0.05) is 0 Å². The van der Waals surface area contributed by atoms with E-state index in [1.165, 1.54) is 12.2 Å². The summed E-state index contributed by atoms with van der Waals surface area (Å²) >= 11 is 1.85. The highest BCUT2D eigenvalue weighted by Crippen LogP contribution is 2.15. The lowest BCUT2D eigenvalue weighted by molar-refractivity contribution is 0.185. The molecule has 3 heteroatoms. The Labute approximate surface area is 60.3 Å². The van der Waals surface area contributed by atoms with Gasteiger partial charge in [-0.15, -0.1) is 12.4 Å². The Morgan fingerprint density at radius 1 is 1.50 bits per heavy atom. The molecule has 1 N–H and O–H groups in total. The molecule has 1 nitrogen and oxygen atoms in total. The maximum Gasteiger partial charge on any atom is 0.0630 e. The van der Waals surface area contributed by atoms with Crippen molar-refractivity contribution in [3.05, 3.63) is 0 Å². The topological polar surface area (TPSA) is 20.2 Å². The molecule has 0 aromatic rings. The molecule has 8 heavy (non-hydrogen) atoms. The molecule has 1 fully saturated rings. The van der Waals surface area contributed by atoms with Crippen molar-refractivity contribution in [2.45, 2.75) is 18.9 Å². The van der Waals surface area contributed by atoms with E-state index in [4.69, 9.17) is 5.11 Å². The quantitative estimate of drug-likeness (QED) is 0.568. The first-order valence-electron chi connectivity index (χ1n) is 2.65. The number of halogens is 1. The van der Waals surface area contributed by atoms with E-state index in [1.807, 2.05) is 11.8 Å². The van der Waals surface area contributed by atoms with Crippen molar-refractivity contribution in [1.82, 2.24) is 0 Å². The summed E-state index contributed by atoms with van der Waals surface area (Å²) in [4.78, 5) is 0. The molecule has 1 aliphatic heterocycles. The number of aliphatic hydroxyl groups is 1. The van der Waals surface area contributed by atoms with Gasteiger partial charge in [-0.05, 0) is 18.6 Å². The second-order valence-corrected chi connectivity index (χ2v) is 3.02. The lowest BCUT2D eigenvalue weighted by Gasteiger charge is -2.14. The summed E-state index contributed by atoms with van der Waals surface area (Å²) in [5.74, 6) is 2.21. The standard InChI is InChI=1S/C5H10OS.ClH/c6-5-2-1-3-7-4-5;/h5-6H,1-4H2;1H. The number of hydrogen-bond acceptors (Lipinski definition) is 2. The predicted molar refractivity (Wildman–Crippen MR) is 39.8 cm³/mol. The van der Waals surface area contributed by atoms with Crippen LogP contribution in [0.3, 0.4) is 0 Å². The number of thioether (sulfide) groups is 1. The second kappa shape index (κ2) is 4.48. The smallest absolute Gasteiger partial charge is 0.0630 e. The summed E-state index contributed by atoms with van der Waals surface area (Å²) in [5, 5.41) is 8.89. The van der Waals surface area contributed by atoms with Crippen molar-refractivity contribution in [3.63, 3.8) is 0 Å². The van der Waals surface area contributed by atoms with Gasteiger partial charge in [-0.25, -0.2) is 0 Å². The molecular weight excluding hydrogens is 144 g/mol. The molecule has 0 spiro atoms. The van der Waals surface area contributed by atoms with E-state index in [0.29, 0.717) is 0 Å². The Hall–Kier alpha value is 0.600. The molecule has 1 rings (SSSR count). The van der Waals surface area contributed by atoms with E-state index < -0.39 is 0 Å². The van der Waals surface area contributed by atoms with E-state index in [2.05, 4.69) is 0 Å². The van der Waals surface area contributed by atoms with Gasteiger partial charge in [0.1, 0.15) is 0 Å². The number of rotatable bonds is 0. The minimum Gasteiger partial charge on any atom is -0.392 e. The first kappa shape index (κ1) is 8.60. The largest absolute Gasteiger partial charge is 0.392 e. The molecule has 1 aliphatic rings. The van der Waals surface area contributed by atoms with Gasteiger partial charge in [0, 0.05) is 5.75 Å². The van der Waals surface area contributed by atoms with Gasteiger partial charge in [-0.3, -0.25) is 0 Å². The Balaban J connectivity index is 0.000000490. The van der Waals surface area contributed by atoms with Crippen LogP contribution in [0.15, 0.2) is 0 Å². The van der Waals surface area contributed by atoms with E-state index in [1.54, 1.807) is 0 Å². The summed E-state index contributed by atoms with van der Waals surface area (Å²) < 4.78 is 0. The van der Waals surface area contributed by atoms with Crippen LogP contribution >= 0.6 is 24.2 Å². The minimum atomic E-state index is -0.00116. The Kier molecular flexibility index (Phi) is 4.81. The van der Waals surface area contributed by atoms with Crippen molar-refractivity contribution < 1.29 is 5.11 Å². The minimum absolute atomic E-state index is 0. The Morgan fingerprint density at radius 2 is 2.25 bits per heavy atom.